The van der Waals surface area contributed by atoms with Crippen LogP contribution in [0.4, 0.5) is 0 Å². The van der Waals surface area contributed by atoms with E-state index in [0.29, 0.717) is 0 Å². The van der Waals surface area contributed by atoms with Gasteiger partial charge in [0.2, 0.25) is 0 Å². The Hall–Kier alpha value is 0.730. The topological polar surface area (TPSA) is 34.1 Å². The van der Waals surface area contributed by atoms with Gasteiger partial charge in [-0.15, -0.1) is 0 Å². The van der Waals surface area contributed by atoms with Crippen LogP contribution in [0.5, 0.6) is 0 Å². The number of hydrogen-bond donors (Lipinski definition) is 0. The van der Waals surface area contributed by atoms with Crippen molar-refractivity contribution in [3.05, 3.63) is 0 Å². The molecule has 0 amide bonds. The molecule has 0 unspecified atom stereocenters. The molecule has 0 spiro atoms. The van der Waals surface area contributed by atoms with E-state index in [2.05, 4.69) is 15.4 Å². The summed E-state index contributed by atoms with van der Waals surface area (Å²) in [6.07, 6.45) is 0. The first kappa shape index (κ1) is 8.83. The molecule has 26 valence electrons. The van der Waals surface area contributed by atoms with Crippen molar-refractivity contribution < 1.29 is 22.8 Å². The van der Waals surface area contributed by atoms with Crippen LogP contribution < -0.4 is 0 Å². The molecule has 0 saturated carbocycles. The van der Waals surface area contributed by atoms with Crippen molar-refractivity contribution in [2.24, 2.45) is 0 Å². The molecule has 0 fully saturated rings. The molecule has 0 heterocycles. The summed E-state index contributed by atoms with van der Waals surface area (Å²) in [5, 5.41) is 0. The summed E-state index contributed by atoms with van der Waals surface area (Å²) in [4.78, 5) is 0. The van der Waals surface area contributed by atoms with Crippen LogP contribution in [-0.4, -0.2) is 18.6 Å². The van der Waals surface area contributed by atoms with Crippen LogP contribution in [0.2, 0.25) is 0 Å². The monoisotopic (exact) mass is 160 g/mol. The van der Waals surface area contributed by atoms with Gasteiger partial charge in [-0.25, -0.2) is 0 Å². The van der Waals surface area contributed by atoms with Gasteiger partial charge in [0.1, 0.15) is 0 Å². The summed E-state index contributed by atoms with van der Waals surface area (Å²) in [6.45, 7) is 0. The Bertz CT molecular complexity index is 8.00. The molecule has 0 aromatic heterocycles. The van der Waals surface area contributed by atoms with Crippen molar-refractivity contribution >= 4 is 18.6 Å². The molecule has 0 radical (unpaired) electrons. The molecule has 0 atom stereocenters. The van der Waals surface area contributed by atoms with E-state index in [0.717, 1.165) is 0 Å². The minimum atomic E-state index is 0.125. The standard InChI is InChI=1S/Ga.Ni.2O.H. The summed E-state index contributed by atoms with van der Waals surface area (Å²) >= 11 is 2.75. The van der Waals surface area contributed by atoms with Crippen molar-refractivity contribution in [3.63, 3.8) is 0 Å². The molecule has 0 aliphatic carbocycles. The van der Waals surface area contributed by atoms with E-state index in [-0.39, 0.29) is 18.6 Å². The number of hydrogen-bond acceptors (Lipinski definition) is 2. The van der Waals surface area contributed by atoms with Crippen LogP contribution in [0.1, 0.15) is 0 Å². The first-order chi connectivity index (χ1) is 2.00. The van der Waals surface area contributed by atoms with Crippen molar-refractivity contribution in [2.45, 2.75) is 0 Å². The third kappa shape index (κ3) is 15.3. The van der Waals surface area contributed by atoms with Gasteiger partial charge in [-0.1, -0.05) is 0 Å². The molecule has 4 heteroatoms. The van der Waals surface area contributed by atoms with E-state index >= 15 is 0 Å². The zero-order valence-corrected chi connectivity index (χ0v) is 5.79. The van der Waals surface area contributed by atoms with E-state index in [1.165, 1.54) is 0 Å². The average Bonchev–Trinajstić information content (AvgIpc) is 1.50. The fourth-order valence-corrected chi connectivity index (χ4v) is 0. The molecular formula is HGaNiO2. The summed E-state index contributed by atoms with van der Waals surface area (Å²) in [5.41, 5.74) is 0. The average molecular weight is 161 g/mol. The summed E-state index contributed by atoms with van der Waals surface area (Å²) < 4.78 is 16.2. The van der Waals surface area contributed by atoms with Gasteiger partial charge in [-0.2, -0.15) is 0 Å². The first-order valence-electron chi connectivity index (χ1n) is 0.418. The van der Waals surface area contributed by atoms with Crippen LogP contribution in [0.25, 0.3) is 0 Å². The summed E-state index contributed by atoms with van der Waals surface area (Å²) in [5.74, 6) is 0. The Balaban J connectivity index is 0. The second kappa shape index (κ2) is 52.2. The van der Waals surface area contributed by atoms with Crippen LogP contribution in [0, 0.1) is 0 Å². The molecule has 0 aromatic rings. The molecule has 0 aromatic carbocycles. The Morgan fingerprint density at radius 2 is 1.25 bits per heavy atom. The predicted molar refractivity (Wildman–Crippen MR) is 8.52 cm³/mol. The molecule has 0 bridgehead atoms. The normalized spacial score (nSPS) is 2.25. The summed E-state index contributed by atoms with van der Waals surface area (Å²) in [6, 6.07) is 0. The van der Waals surface area contributed by atoms with Gasteiger partial charge >= 0.3 is 41.4 Å². The van der Waals surface area contributed by atoms with Crippen molar-refractivity contribution in [2.75, 3.05) is 0 Å². The fourth-order valence-electron chi connectivity index (χ4n) is 0. The molecule has 0 aliphatic heterocycles. The second-order valence-corrected chi connectivity index (χ2v) is 0. The van der Waals surface area contributed by atoms with Crippen LogP contribution in [0.3, 0.4) is 0 Å². The van der Waals surface area contributed by atoms with Crippen molar-refractivity contribution in [1.82, 2.24) is 0 Å². The maximum atomic E-state index is 8.38. The van der Waals surface area contributed by atoms with Crippen molar-refractivity contribution in [3.8, 4) is 0 Å². The summed E-state index contributed by atoms with van der Waals surface area (Å²) in [7, 11) is 0. The van der Waals surface area contributed by atoms with E-state index in [1.807, 2.05) is 0 Å². The SMILES string of the molecule is [O]=[GaH].[O]=[Ni]. The Morgan fingerprint density at radius 3 is 1.25 bits per heavy atom. The van der Waals surface area contributed by atoms with Gasteiger partial charge in [0.25, 0.3) is 0 Å². The van der Waals surface area contributed by atoms with E-state index in [9.17, 15) is 0 Å². The molecular weight excluding hydrogens is 160 g/mol. The minimum absolute atomic E-state index is 0.125. The van der Waals surface area contributed by atoms with Gasteiger partial charge in [-0.3, -0.25) is 0 Å². The molecule has 0 rings (SSSR count). The van der Waals surface area contributed by atoms with Crippen LogP contribution >= 0.6 is 0 Å². The Morgan fingerprint density at radius 1 is 1.25 bits per heavy atom. The third-order valence-corrected chi connectivity index (χ3v) is 0. The van der Waals surface area contributed by atoms with Gasteiger partial charge in [0, 0.05) is 0 Å². The first-order valence-corrected chi connectivity index (χ1v) is 2.03. The zero-order chi connectivity index (χ0) is 4.00. The van der Waals surface area contributed by atoms with Gasteiger partial charge in [-0.05, 0) is 0 Å². The van der Waals surface area contributed by atoms with Gasteiger partial charge in [0.05, 0.1) is 0 Å². The van der Waals surface area contributed by atoms with E-state index in [4.69, 9.17) is 7.44 Å². The van der Waals surface area contributed by atoms with Crippen LogP contribution in [-0.2, 0) is 22.8 Å². The number of rotatable bonds is 0. The molecule has 0 N–H and O–H groups in total. The fraction of sp³-hybridized carbons (Fsp3) is 0. The Labute approximate surface area is 41.7 Å². The van der Waals surface area contributed by atoms with Crippen molar-refractivity contribution in [1.29, 1.82) is 0 Å². The predicted octanol–water partition coefficient (Wildman–Crippen LogP) is -0.889. The van der Waals surface area contributed by atoms with Crippen LogP contribution in [0.15, 0.2) is 0 Å². The third-order valence-electron chi connectivity index (χ3n) is 0. The van der Waals surface area contributed by atoms with Gasteiger partial charge < -0.3 is 0 Å². The maximum absolute atomic E-state index is 8.38. The van der Waals surface area contributed by atoms with Gasteiger partial charge in [0.15, 0.2) is 0 Å². The molecule has 0 aliphatic rings. The molecule has 0 saturated heterocycles. The van der Waals surface area contributed by atoms with E-state index < -0.39 is 0 Å². The Kier molecular flexibility index (Phi) is 115. The molecule has 4 heavy (non-hydrogen) atoms. The quantitative estimate of drug-likeness (QED) is 0.432. The zero-order valence-electron chi connectivity index (χ0n) is 1.84. The van der Waals surface area contributed by atoms with E-state index in [1.54, 1.807) is 0 Å². The molecule has 2 nitrogen and oxygen atoms in total. The second-order valence-electron chi connectivity index (χ2n) is 0.